The molecule has 1 heterocycles. The molecule has 1 aliphatic carbocycles. The van der Waals surface area contributed by atoms with Gasteiger partial charge in [0.25, 0.3) is 0 Å². The molecule has 1 aromatic rings. The lowest BCUT2D eigenvalue weighted by Crippen LogP contribution is -2.04. The summed E-state index contributed by atoms with van der Waals surface area (Å²) in [7, 11) is 0. The van der Waals surface area contributed by atoms with Crippen molar-refractivity contribution in [3.05, 3.63) is 22.9 Å². The van der Waals surface area contributed by atoms with Crippen LogP contribution in [0.1, 0.15) is 30.2 Å². The second kappa shape index (κ2) is 5.52. The zero-order valence-corrected chi connectivity index (χ0v) is 10.8. The molecule has 0 aliphatic heterocycles. The molecule has 2 rings (SSSR count). The molecule has 3 nitrogen and oxygen atoms in total. The van der Waals surface area contributed by atoms with Crippen molar-refractivity contribution in [3.8, 4) is 6.07 Å². The van der Waals surface area contributed by atoms with E-state index in [9.17, 15) is 0 Å². The molecule has 17 heavy (non-hydrogen) atoms. The Morgan fingerprint density at radius 3 is 3.12 bits per heavy atom. The Hall–Kier alpha value is -1.05. The quantitative estimate of drug-likeness (QED) is 0.830. The van der Waals surface area contributed by atoms with Crippen LogP contribution in [0.2, 0.25) is 0 Å². The molecule has 0 aromatic carbocycles. The average Bonchev–Trinajstić information content (AvgIpc) is 2.81. The number of fused-ring (bicyclic) bond motifs is 1. The van der Waals surface area contributed by atoms with Gasteiger partial charge in [0, 0.05) is 18.1 Å². The predicted octanol–water partition coefficient (Wildman–Crippen LogP) is 2.16. The molecule has 1 unspecified atom stereocenters. The molecule has 0 saturated carbocycles. The van der Waals surface area contributed by atoms with Crippen LogP contribution in [0.5, 0.6) is 0 Å². The average molecular weight is 248 g/mol. The third kappa shape index (κ3) is 2.80. The second-order valence-electron chi connectivity index (χ2n) is 4.51. The molecule has 0 amide bonds. The number of rotatable bonds is 4. The molecular formula is C13H16N2OS. The Bertz CT molecular complexity index is 453. The maximum atomic E-state index is 9.12. The summed E-state index contributed by atoms with van der Waals surface area (Å²) in [5.74, 6) is 1.04. The maximum Gasteiger partial charge on any atom is 0.114 e. The molecule has 0 spiro atoms. The molecule has 0 radical (unpaired) electrons. The van der Waals surface area contributed by atoms with E-state index >= 15 is 0 Å². The molecule has 1 aliphatic rings. The second-order valence-corrected chi connectivity index (χ2v) is 5.52. The van der Waals surface area contributed by atoms with Crippen LogP contribution >= 0.6 is 11.8 Å². The van der Waals surface area contributed by atoms with Crippen molar-refractivity contribution in [2.75, 3.05) is 12.4 Å². The third-order valence-electron chi connectivity index (χ3n) is 2.95. The normalized spacial score (nSPS) is 15.4. The Balaban J connectivity index is 2.18. The molecule has 1 N–H and O–H groups in total. The van der Waals surface area contributed by atoms with Crippen molar-refractivity contribution in [1.82, 2.24) is 4.98 Å². The fraction of sp³-hybridized carbons (Fsp3) is 0.538. The van der Waals surface area contributed by atoms with Gasteiger partial charge in [-0.2, -0.15) is 5.26 Å². The van der Waals surface area contributed by atoms with Gasteiger partial charge in [-0.3, -0.25) is 0 Å². The SMILES string of the molecule is CC(CO)CSc1nc2c(cc1C#N)CCC2. The van der Waals surface area contributed by atoms with E-state index in [0.29, 0.717) is 5.56 Å². The van der Waals surface area contributed by atoms with Crippen molar-refractivity contribution in [2.24, 2.45) is 5.92 Å². The van der Waals surface area contributed by atoms with Crippen LogP contribution in [0, 0.1) is 17.2 Å². The zero-order valence-electron chi connectivity index (χ0n) is 9.94. The first-order chi connectivity index (χ1) is 8.24. The predicted molar refractivity (Wildman–Crippen MR) is 68.0 cm³/mol. The third-order valence-corrected chi connectivity index (χ3v) is 4.27. The molecular weight excluding hydrogens is 232 g/mol. The molecule has 4 heteroatoms. The van der Waals surface area contributed by atoms with E-state index in [-0.39, 0.29) is 12.5 Å². The molecule has 1 atom stereocenters. The Morgan fingerprint density at radius 2 is 2.41 bits per heavy atom. The van der Waals surface area contributed by atoms with Crippen LogP contribution in [0.3, 0.4) is 0 Å². The first-order valence-electron chi connectivity index (χ1n) is 5.91. The van der Waals surface area contributed by atoms with Gasteiger partial charge in [0.05, 0.1) is 5.56 Å². The highest BCUT2D eigenvalue weighted by Gasteiger charge is 2.17. The fourth-order valence-corrected chi connectivity index (χ4v) is 2.90. The van der Waals surface area contributed by atoms with Gasteiger partial charge in [-0.05, 0) is 36.8 Å². The van der Waals surface area contributed by atoms with Gasteiger partial charge >= 0.3 is 0 Å². The minimum Gasteiger partial charge on any atom is -0.396 e. The first kappa shape index (κ1) is 12.4. The summed E-state index contributed by atoms with van der Waals surface area (Å²) in [6, 6.07) is 4.21. The Labute approximate surface area is 106 Å². The van der Waals surface area contributed by atoms with Crippen molar-refractivity contribution >= 4 is 11.8 Å². The number of thioether (sulfide) groups is 1. The number of hydrogen-bond acceptors (Lipinski definition) is 4. The molecule has 0 fully saturated rings. The summed E-state index contributed by atoms with van der Waals surface area (Å²) in [5.41, 5.74) is 3.07. The lowest BCUT2D eigenvalue weighted by atomic mass is 10.2. The van der Waals surface area contributed by atoms with Crippen molar-refractivity contribution in [3.63, 3.8) is 0 Å². The standard InChI is InChI=1S/C13H16N2OS/c1-9(7-16)8-17-13-11(6-14)5-10-3-2-4-12(10)15-13/h5,9,16H,2-4,7-8H2,1H3. The van der Waals surface area contributed by atoms with E-state index in [1.165, 1.54) is 5.56 Å². The highest BCUT2D eigenvalue weighted by atomic mass is 32.2. The molecule has 1 aromatic heterocycles. The van der Waals surface area contributed by atoms with E-state index in [1.807, 2.05) is 13.0 Å². The van der Waals surface area contributed by atoms with Crippen LogP contribution in [0.4, 0.5) is 0 Å². The number of hydrogen-bond donors (Lipinski definition) is 1. The first-order valence-corrected chi connectivity index (χ1v) is 6.89. The molecule has 90 valence electrons. The lowest BCUT2D eigenvalue weighted by Gasteiger charge is -2.09. The minimum absolute atomic E-state index is 0.180. The van der Waals surface area contributed by atoms with E-state index < -0.39 is 0 Å². The van der Waals surface area contributed by atoms with E-state index in [0.717, 1.165) is 35.7 Å². The van der Waals surface area contributed by atoms with E-state index in [1.54, 1.807) is 11.8 Å². The number of aryl methyl sites for hydroxylation is 2. The highest BCUT2D eigenvalue weighted by Crippen LogP contribution is 2.28. The summed E-state index contributed by atoms with van der Waals surface area (Å²) in [5, 5.41) is 18.9. The Morgan fingerprint density at radius 1 is 1.59 bits per heavy atom. The van der Waals surface area contributed by atoms with Crippen LogP contribution in [-0.4, -0.2) is 22.5 Å². The van der Waals surface area contributed by atoms with E-state index in [2.05, 4.69) is 11.1 Å². The largest absolute Gasteiger partial charge is 0.396 e. The number of aliphatic hydroxyl groups excluding tert-OH is 1. The van der Waals surface area contributed by atoms with Gasteiger partial charge in [-0.25, -0.2) is 4.98 Å². The van der Waals surface area contributed by atoms with Gasteiger partial charge in [0.2, 0.25) is 0 Å². The van der Waals surface area contributed by atoms with E-state index in [4.69, 9.17) is 10.4 Å². The number of nitriles is 1. The maximum absolute atomic E-state index is 9.12. The summed E-state index contributed by atoms with van der Waals surface area (Å²) in [4.78, 5) is 4.59. The van der Waals surface area contributed by atoms with Gasteiger partial charge in [-0.1, -0.05) is 6.92 Å². The summed E-state index contributed by atoms with van der Waals surface area (Å²) < 4.78 is 0. The van der Waals surface area contributed by atoms with Gasteiger partial charge in [0.1, 0.15) is 11.1 Å². The van der Waals surface area contributed by atoms with Crippen LogP contribution < -0.4 is 0 Å². The van der Waals surface area contributed by atoms with Crippen LogP contribution in [-0.2, 0) is 12.8 Å². The van der Waals surface area contributed by atoms with Crippen LogP contribution in [0.25, 0.3) is 0 Å². The number of pyridine rings is 1. The van der Waals surface area contributed by atoms with Gasteiger partial charge < -0.3 is 5.11 Å². The lowest BCUT2D eigenvalue weighted by molar-refractivity contribution is 0.250. The van der Waals surface area contributed by atoms with Crippen molar-refractivity contribution in [1.29, 1.82) is 5.26 Å². The summed E-state index contributed by atoms with van der Waals surface area (Å²) in [6.45, 7) is 2.17. The topological polar surface area (TPSA) is 56.9 Å². The van der Waals surface area contributed by atoms with Crippen molar-refractivity contribution < 1.29 is 5.11 Å². The minimum atomic E-state index is 0.180. The monoisotopic (exact) mass is 248 g/mol. The van der Waals surface area contributed by atoms with Crippen LogP contribution in [0.15, 0.2) is 11.1 Å². The Kier molecular flexibility index (Phi) is 4.03. The molecule has 0 bridgehead atoms. The number of nitrogens with zero attached hydrogens (tertiary/aromatic N) is 2. The number of aliphatic hydroxyl groups is 1. The van der Waals surface area contributed by atoms with Crippen molar-refractivity contribution in [2.45, 2.75) is 31.2 Å². The summed E-state index contributed by atoms with van der Waals surface area (Å²) >= 11 is 1.58. The fourth-order valence-electron chi connectivity index (χ4n) is 1.92. The highest BCUT2D eigenvalue weighted by molar-refractivity contribution is 7.99. The van der Waals surface area contributed by atoms with Gasteiger partial charge in [0.15, 0.2) is 0 Å². The molecule has 0 saturated heterocycles. The zero-order chi connectivity index (χ0) is 12.3. The summed E-state index contributed by atoms with van der Waals surface area (Å²) in [6.07, 6.45) is 3.23. The smallest absolute Gasteiger partial charge is 0.114 e. The van der Waals surface area contributed by atoms with Gasteiger partial charge in [-0.15, -0.1) is 11.8 Å². The number of aromatic nitrogens is 1.